The first-order valence-corrected chi connectivity index (χ1v) is 7.72. The smallest absolute Gasteiger partial charge is 0.348 e. The van der Waals surface area contributed by atoms with Gasteiger partial charge in [0.15, 0.2) is 0 Å². The molecule has 0 bridgehead atoms. The van der Waals surface area contributed by atoms with E-state index in [2.05, 4.69) is 21.5 Å². The molecule has 0 radical (unpaired) electrons. The minimum absolute atomic E-state index is 0.125. The second kappa shape index (κ2) is 6.38. The van der Waals surface area contributed by atoms with E-state index in [1.54, 1.807) is 0 Å². The molecule has 1 fully saturated rings. The van der Waals surface area contributed by atoms with Crippen LogP contribution >= 0.6 is 23.4 Å². The third-order valence-electron chi connectivity index (χ3n) is 3.26. The molecular weight excluding hydrogens is 288 g/mol. The van der Waals surface area contributed by atoms with Crippen molar-refractivity contribution in [3.8, 4) is 0 Å². The molecule has 0 saturated heterocycles. The van der Waals surface area contributed by atoms with Gasteiger partial charge in [0.05, 0.1) is 4.92 Å². The molecule has 104 valence electrons. The Morgan fingerprint density at radius 3 is 3.00 bits per heavy atom. The van der Waals surface area contributed by atoms with Gasteiger partial charge in [-0.15, -0.1) is 0 Å². The Labute approximate surface area is 120 Å². The van der Waals surface area contributed by atoms with Gasteiger partial charge in [-0.05, 0) is 25.5 Å². The number of nitro groups is 1. The maximum Gasteiger partial charge on any atom is 0.348 e. The summed E-state index contributed by atoms with van der Waals surface area (Å²) in [6.45, 7) is 0. The summed E-state index contributed by atoms with van der Waals surface area (Å²) in [5, 5.41) is 14.6. The number of nitrogens with one attached hydrogen (secondary N) is 1. The fraction of sp³-hybridized carbons (Fsp3) is 0.636. The molecule has 8 heteroatoms. The first-order valence-electron chi connectivity index (χ1n) is 6.06. The molecule has 0 aromatic carbocycles. The molecule has 1 aliphatic rings. The Kier molecular flexibility index (Phi) is 4.81. The highest BCUT2D eigenvalue weighted by Gasteiger charge is 2.26. The molecular formula is C11H15ClN4O2S. The van der Waals surface area contributed by atoms with E-state index in [-0.39, 0.29) is 22.7 Å². The average molecular weight is 303 g/mol. The van der Waals surface area contributed by atoms with Crippen LogP contribution in [0, 0.1) is 10.1 Å². The van der Waals surface area contributed by atoms with E-state index in [9.17, 15) is 10.1 Å². The van der Waals surface area contributed by atoms with Crippen molar-refractivity contribution in [3.05, 3.63) is 21.6 Å². The fourth-order valence-corrected chi connectivity index (χ4v) is 3.34. The first-order chi connectivity index (χ1) is 9.11. The van der Waals surface area contributed by atoms with Gasteiger partial charge in [0.1, 0.15) is 6.33 Å². The largest absolute Gasteiger partial charge is 0.361 e. The van der Waals surface area contributed by atoms with Crippen LogP contribution in [0.15, 0.2) is 6.33 Å². The van der Waals surface area contributed by atoms with Gasteiger partial charge in [0.2, 0.25) is 11.0 Å². The minimum atomic E-state index is -0.542. The summed E-state index contributed by atoms with van der Waals surface area (Å²) < 4.78 is 0. The van der Waals surface area contributed by atoms with Crippen molar-refractivity contribution in [3.63, 3.8) is 0 Å². The highest BCUT2D eigenvalue weighted by atomic mass is 35.5. The summed E-state index contributed by atoms with van der Waals surface area (Å²) in [7, 11) is 0. The Bertz CT molecular complexity index is 474. The van der Waals surface area contributed by atoms with Gasteiger partial charge in [0, 0.05) is 11.3 Å². The molecule has 1 N–H and O–H groups in total. The number of hydrogen-bond acceptors (Lipinski definition) is 6. The van der Waals surface area contributed by atoms with Crippen LogP contribution in [0.4, 0.5) is 11.5 Å². The molecule has 2 rings (SSSR count). The van der Waals surface area contributed by atoms with Crippen LogP contribution in [-0.2, 0) is 0 Å². The second-order valence-corrected chi connectivity index (χ2v) is 5.98. The first kappa shape index (κ1) is 14.3. The zero-order chi connectivity index (χ0) is 13.8. The number of hydrogen-bond donors (Lipinski definition) is 1. The molecule has 1 saturated carbocycles. The third-order valence-corrected chi connectivity index (χ3v) is 4.63. The Morgan fingerprint density at radius 2 is 2.32 bits per heavy atom. The van der Waals surface area contributed by atoms with E-state index in [0.717, 1.165) is 19.3 Å². The number of nitrogens with zero attached hydrogens (tertiary/aromatic N) is 3. The molecule has 1 aromatic rings. The molecule has 1 aromatic heterocycles. The molecule has 2 atom stereocenters. The van der Waals surface area contributed by atoms with Crippen molar-refractivity contribution in [2.75, 3.05) is 11.6 Å². The van der Waals surface area contributed by atoms with Crippen LogP contribution in [0.5, 0.6) is 0 Å². The Balaban J connectivity index is 2.14. The van der Waals surface area contributed by atoms with E-state index in [0.29, 0.717) is 5.25 Å². The van der Waals surface area contributed by atoms with Crippen LogP contribution in [-0.4, -0.2) is 32.4 Å². The van der Waals surface area contributed by atoms with E-state index >= 15 is 0 Å². The highest BCUT2D eigenvalue weighted by Crippen LogP contribution is 2.32. The van der Waals surface area contributed by atoms with E-state index < -0.39 is 4.92 Å². The van der Waals surface area contributed by atoms with Crippen molar-refractivity contribution in [2.24, 2.45) is 0 Å². The maximum absolute atomic E-state index is 11.0. The van der Waals surface area contributed by atoms with Crippen molar-refractivity contribution in [1.29, 1.82) is 0 Å². The van der Waals surface area contributed by atoms with Gasteiger partial charge >= 0.3 is 5.69 Å². The summed E-state index contributed by atoms with van der Waals surface area (Å²) in [6, 6.07) is 0.205. The number of rotatable bonds is 4. The zero-order valence-electron chi connectivity index (χ0n) is 10.5. The quantitative estimate of drug-likeness (QED) is 0.523. The molecule has 0 aliphatic heterocycles. The zero-order valence-corrected chi connectivity index (χ0v) is 12.1. The maximum atomic E-state index is 11.0. The van der Waals surface area contributed by atoms with Crippen LogP contribution in [0.1, 0.15) is 25.7 Å². The molecule has 0 spiro atoms. The van der Waals surface area contributed by atoms with Crippen molar-refractivity contribution < 1.29 is 4.92 Å². The van der Waals surface area contributed by atoms with E-state index in [1.165, 1.54) is 12.7 Å². The average Bonchev–Trinajstić information content (AvgIpc) is 2.38. The number of aromatic nitrogens is 2. The summed E-state index contributed by atoms with van der Waals surface area (Å²) >= 11 is 7.60. The Morgan fingerprint density at radius 1 is 1.53 bits per heavy atom. The fourth-order valence-electron chi connectivity index (χ4n) is 2.31. The number of halogens is 1. The predicted octanol–water partition coefficient (Wildman–Crippen LogP) is 3.12. The second-order valence-electron chi connectivity index (χ2n) is 4.48. The topological polar surface area (TPSA) is 81.0 Å². The van der Waals surface area contributed by atoms with Gasteiger partial charge < -0.3 is 5.32 Å². The predicted molar refractivity (Wildman–Crippen MR) is 76.9 cm³/mol. The van der Waals surface area contributed by atoms with Gasteiger partial charge in [-0.1, -0.05) is 18.0 Å². The SMILES string of the molecule is CSC1CCCC(Nc2ncnc(Cl)c2[N+](=O)[O-])C1. The molecule has 1 heterocycles. The summed E-state index contributed by atoms with van der Waals surface area (Å²) in [5.41, 5.74) is -0.240. The molecule has 0 amide bonds. The lowest BCUT2D eigenvalue weighted by Crippen LogP contribution is -2.29. The highest BCUT2D eigenvalue weighted by molar-refractivity contribution is 7.99. The lowest BCUT2D eigenvalue weighted by Gasteiger charge is -2.28. The molecule has 19 heavy (non-hydrogen) atoms. The van der Waals surface area contributed by atoms with E-state index in [4.69, 9.17) is 11.6 Å². The number of thioether (sulfide) groups is 1. The van der Waals surface area contributed by atoms with Gasteiger partial charge in [-0.3, -0.25) is 10.1 Å². The van der Waals surface area contributed by atoms with Gasteiger partial charge in [-0.2, -0.15) is 11.8 Å². The monoisotopic (exact) mass is 302 g/mol. The Hall–Kier alpha value is -1.08. The summed E-state index contributed by atoms with van der Waals surface area (Å²) in [4.78, 5) is 18.1. The lowest BCUT2D eigenvalue weighted by molar-refractivity contribution is -0.384. The number of anilines is 1. The standard InChI is InChI=1S/C11H15ClN4O2S/c1-19-8-4-2-3-7(5-8)15-11-9(16(17)18)10(12)13-6-14-11/h6-8H,2-5H2,1H3,(H,13,14,15). The van der Waals surface area contributed by atoms with Gasteiger partial charge in [0.25, 0.3) is 0 Å². The third kappa shape index (κ3) is 3.48. The molecule has 1 aliphatic carbocycles. The van der Waals surface area contributed by atoms with Gasteiger partial charge in [-0.25, -0.2) is 9.97 Å². The summed E-state index contributed by atoms with van der Waals surface area (Å²) in [5.74, 6) is 0.219. The van der Waals surface area contributed by atoms with Crippen molar-refractivity contribution in [2.45, 2.75) is 37.0 Å². The van der Waals surface area contributed by atoms with Crippen molar-refractivity contribution >= 4 is 34.9 Å². The normalized spacial score (nSPS) is 23.1. The minimum Gasteiger partial charge on any atom is -0.361 e. The van der Waals surface area contributed by atoms with Crippen LogP contribution in [0.3, 0.4) is 0 Å². The lowest BCUT2D eigenvalue weighted by atomic mass is 9.95. The summed E-state index contributed by atoms with van der Waals surface area (Å²) in [6.07, 6.45) is 7.64. The van der Waals surface area contributed by atoms with Crippen LogP contribution in [0.2, 0.25) is 5.15 Å². The molecule has 2 unspecified atom stereocenters. The van der Waals surface area contributed by atoms with Crippen LogP contribution in [0.25, 0.3) is 0 Å². The van der Waals surface area contributed by atoms with Crippen molar-refractivity contribution in [1.82, 2.24) is 9.97 Å². The molecule has 6 nitrogen and oxygen atoms in total. The van der Waals surface area contributed by atoms with Crippen LogP contribution < -0.4 is 5.32 Å². The van der Waals surface area contributed by atoms with E-state index in [1.807, 2.05) is 11.8 Å².